The molecule has 0 radical (unpaired) electrons. The largest absolute Gasteiger partial charge is 0.394 e. The molecule has 0 aromatic carbocycles. The zero-order valence-corrected chi connectivity index (χ0v) is 15.0. The molecule has 1 fully saturated rings. The number of rotatable bonds is 9. The van der Waals surface area contributed by atoms with Crippen molar-refractivity contribution in [2.24, 2.45) is 5.41 Å². The van der Waals surface area contributed by atoms with Gasteiger partial charge in [0.1, 0.15) is 0 Å². The van der Waals surface area contributed by atoms with Gasteiger partial charge < -0.3 is 15.3 Å². The summed E-state index contributed by atoms with van der Waals surface area (Å²) in [6.07, 6.45) is 8.72. The third-order valence-corrected chi connectivity index (χ3v) is 5.32. The lowest BCUT2D eigenvalue weighted by molar-refractivity contribution is 0.117. The van der Waals surface area contributed by atoms with Gasteiger partial charge in [0, 0.05) is 11.6 Å². The van der Waals surface area contributed by atoms with Crippen molar-refractivity contribution in [3.8, 4) is 0 Å². The summed E-state index contributed by atoms with van der Waals surface area (Å²) in [6.45, 7) is 11.5. The van der Waals surface area contributed by atoms with Gasteiger partial charge in [0.25, 0.3) is 0 Å². The minimum Gasteiger partial charge on any atom is -0.394 e. The van der Waals surface area contributed by atoms with Crippen LogP contribution in [0.5, 0.6) is 0 Å². The lowest BCUT2D eigenvalue weighted by Crippen LogP contribution is -2.46. The maximum Gasteiger partial charge on any atom is 0.0610 e. The molecule has 126 valence electrons. The van der Waals surface area contributed by atoms with Gasteiger partial charge in [0.2, 0.25) is 0 Å². The van der Waals surface area contributed by atoms with Crippen LogP contribution in [0, 0.1) is 5.41 Å². The summed E-state index contributed by atoms with van der Waals surface area (Å²) in [5.74, 6) is 0. The maximum absolute atomic E-state index is 9.61. The van der Waals surface area contributed by atoms with Crippen molar-refractivity contribution in [3.05, 3.63) is 0 Å². The SMILES string of the molecule is CCCNC(C)(CO)CCCN(C)C1CCC(C)(C)CC1. The second-order valence-corrected chi connectivity index (χ2v) is 8.13. The number of hydrogen-bond donors (Lipinski definition) is 2. The standard InChI is InChI=1S/C18H38N2O/c1-6-13-19-18(4,15-21)10-7-14-20(5)16-8-11-17(2,3)12-9-16/h16,19,21H,6-15H2,1-5H3. The van der Waals surface area contributed by atoms with Crippen LogP contribution in [0.25, 0.3) is 0 Å². The fraction of sp³-hybridized carbons (Fsp3) is 1.00. The lowest BCUT2D eigenvalue weighted by Gasteiger charge is -2.39. The molecule has 1 saturated carbocycles. The Hall–Kier alpha value is -0.120. The summed E-state index contributed by atoms with van der Waals surface area (Å²) in [4.78, 5) is 2.55. The molecule has 3 heteroatoms. The molecule has 1 unspecified atom stereocenters. The van der Waals surface area contributed by atoms with Crippen LogP contribution in [0.4, 0.5) is 0 Å². The van der Waals surface area contributed by atoms with Gasteiger partial charge in [-0.3, -0.25) is 0 Å². The van der Waals surface area contributed by atoms with Crippen molar-refractivity contribution >= 4 is 0 Å². The Kier molecular flexibility index (Phi) is 7.66. The van der Waals surface area contributed by atoms with Crippen molar-refractivity contribution in [2.45, 2.75) is 84.2 Å². The van der Waals surface area contributed by atoms with Crippen molar-refractivity contribution in [3.63, 3.8) is 0 Å². The van der Waals surface area contributed by atoms with Gasteiger partial charge in [-0.1, -0.05) is 20.8 Å². The summed E-state index contributed by atoms with van der Waals surface area (Å²) >= 11 is 0. The van der Waals surface area contributed by atoms with E-state index in [1.165, 1.54) is 25.7 Å². The van der Waals surface area contributed by atoms with Crippen molar-refractivity contribution in [2.75, 3.05) is 26.7 Å². The first-order valence-corrected chi connectivity index (χ1v) is 8.88. The monoisotopic (exact) mass is 298 g/mol. The quantitative estimate of drug-likeness (QED) is 0.684. The molecule has 3 nitrogen and oxygen atoms in total. The Morgan fingerprint density at radius 2 is 1.90 bits per heavy atom. The molecule has 1 rings (SSSR count). The molecule has 1 aliphatic carbocycles. The van der Waals surface area contributed by atoms with Crippen molar-refractivity contribution in [1.29, 1.82) is 0 Å². The van der Waals surface area contributed by atoms with Gasteiger partial charge in [-0.2, -0.15) is 0 Å². The molecular weight excluding hydrogens is 260 g/mol. The molecule has 0 bridgehead atoms. The van der Waals surface area contributed by atoms with Crippen LogP contribution in [0.2, 0.25) is 0 Å². The molecule has 2 N–H and O–H groups in total. The Morgan fingerprint density at radius 3 is 2.43 bits per heavy atom. The zero-order chi connectivity index (χ0) is 15.9. The first kappa shape index (κ1) is 18.9. The second kappa shape index (κ2) is 8.50. The molecule has 21 heavy (non-hydrogen) atoms. The summed E-state index contributed by atoms with van der Waals surface area (Å²) in [6, 6.07) is 0.766. The van der Waals surface area contributed by atoms with E-state index in [1.54, 1.807) is 0 Å². The van der Waals surface area contributed by atoms with Crippen LogP contribution in [-0.2, 0) is 0 Å². The Morgan fingerprint density at radius 1 is 1.29 bits per heavy atom. The van der Waals surface area contributed by atoms with E-state index in [2.05, 4.69) is 45.0 Å². The third-order valence-electron chi connectivity index (χ3n) is 5.32. The van der Waals surface area contributed by atoms with Crippen LogP contribution in [-0.4, -0.2) is 48.3 Å². The molecular formula is C18H38N2O. The lowest BCUT2D eigenvalue weighted by atomic mass is 9.75. The summed E-state index contributed by atoms with van der Waals surface area (Å²) in [5.41, 5.74) is 0.447. The first-order chi connectivity index (χ1) is 9.82. The molecule has 1 aliphatic rings. The molecule has 0 aromatic rings. The van der Waals surface area contributed by atoms with E-state index >= 15 is 0 Å². The molecule has 0 aliphatic heterocycles. The number of nitrogens with zero attached hydrogens (tertiary/aromatic N) is 1. The van der Waals surface area contributed by atoms with E-state index in [0.717, 1.165) is 38.4 Å². The van der Waals surface area contributed by atoms with E-state index in [0.29, 0.717) is 5.41 Å². The predicted molar refractivity (Wildman–Crippen MR) is 91.7 cm³/mol. The number of aliphatic hydroxyl groups is 1. The Bertz CT molecular complexity index is 283. The highest BCUT2D eigenvalue weighted by atomic mass is 16.3. The normalized spacial score (nSPS) is 22.4. The van der Waals surface area contributed by atoms with Gasteiger partial charge >= 0.3 is 0 Å². The van der Waals surface area contributed by atoms with E-state index in [-0.39, 0.29) is 12.1 Å². The fourth-order valence-electron chi connectivity index (χ4n) is 3.38. The average molecular weight is 299 g/mol. The third kappa shape index (κ3) is 6.66. The molecule has 0 aromatic heterocycles. The number of aliphatic hydroxyl groups excluding tert-OH is 1. The Labute approximate surface area is 132 Å². The summed E-state index contributed by atoms with van der Waals surface area (Å²) < 4.78 is 0. The average Bonchev–Trinajstić information content (AvgIpc) is 2.45. The molecule has 0 amide bonds. The van der Waals surface area contributed by atoms with E-state index < -0.39 is 0 Å². The minimum absolute atomic E-state index is 0.106. The van der Waals surface area contributed by atoms with Gasteiger partial charge in [0.05, 0.1) is 6.61 Å². The predicted octanol–water partition coefficient (Wildman–Crippen LogP) is 3.42. The topological polar surface area (TPSA) is 35.5 Å². The first-order valence-electron chi connectivity index (χ1n) is 8.88. The zero-order valence-electron chi connectivity index (χ0n) is 15.0. The summed E-state index contributed by atoms with van der Waals surface area (Å²) in [7, 11) is 2.28. The summed E-state index contributed by atoms with van der Waals surface area (Å²) in [5, 5.41) is 13.1. The van der Waals surface area contributed by atoms with Crippen molar-refractivity contribution in [1.82, 2.24) is 10.2 Å². The van der Waals surface area contributed by atoms with E-state index in [4.69, 9.17) is 0 Å². The molecule has 1 atom stereocenters. The van der Waals surface area contributed by atoms with Crippen LogP contribution in [0.3, 0.4) is 0 Å². The maximum atomic E-state index is 9.61. The highest BCUT2D eigenvalue weighted by Gasteiger charge is 2.29. The highest BCUT2D eigenvalue weighted by molar-refractivity contribution is 4.85. The van der Waals surface area contributed by atoms with Gasteiger partial charge in [-0.25, -0.2) is 0 Å². The number of nitrogens with one attached hydrogen (secondary N) is 1. The van der Waals surface area contributed by atoms with Crippen LogP contribution >= 0.6 is 0 Å². The fourth-order valence-corrected chi connectivity index (χ4v) is 3.38. The van der Waals surface area contributed by atoms with E-state index in [9.17, 15) is 5.11 Å². The molecule has 0 heterocycles. The highest BCUT2D eigenvalue weighted by Crippen LogP contribution is 2.36. The van der Waals surface area contributed by atoms with Crippen LogP contribution in [0.15, 0.2) is 0 Å². The van der Waals surface area contributed by atoms with E-state index in [1.807, 2.05) is 0 Å². The number of hydrogen-bond acceptors (Lipinski definition) is 3. The smallest absolute Gasteiger partial charge is 0.0610 e. The molecule has 0 saturated heterocycles. The van der Waals surface area contributed by atoms with Crippen LogP contribution in [0.1, 0.15) is 72.6 Å². The van der Waals surface area contributed by atoms with Gasteiger partial charge in [0.15, 0.2) is 0 Å². The van der Waals surface area contributed by atoms with Crippen LogP contribution < -0.4 is 5.32 Å². The second-order valence-electron chi connectivity index (χ2n) is 8.13. The van der Waals surface area contributed by atoms with Crippen molar-refractivity contribution < 1.29 is 5.11 Å². The minimum atomic E-state index is -0.106. The van der Waals surface area contributed by atoms with Gasteiger partial charge in [-0.05, 0) is 77.4 Å². The molecule has 0 spiro atoms. The Balaban J connectivity index is 2.28. The van der Waals surface area contributed by atoms with Gasteiger partial charge in [-0.15, -0.1) is 0 Å².